The molecule has 0 unspecified atom stereocenters. The number of aromatic nitrogens is 1. The van der Waals surface area contributed by atoms with Crippen LogP contribution in [0.3, 0.4) is 0 Å². The predicted octanol–water partition coefficient (Wildman–Crippen LogP) is 3.63. The lowest BCUT2D eigenvalue weighted by Gasteiger charge is -2.07. The molecule has 0 bridgehead atoms. The Morgan fingerprint density at radius 2 is 1.88 bits per heavy atom. The molecule has 2 aromatic rings. The standard InChI is InChI=1S/C13H10ClNO/c14-13-8-7-12-10(15-13)6-5-9-3-1-2-4-11(9)16-12/h1-4,7-8H,5-6H2. The van der Waals surface area contributed by atoms with Crippen molar-refractivity contribution in [2.75, 3.05) is 0 Å². The Hall–Kier alpha value is -1.54. The lowest BCUT2D eigenvalue weighted by molar-refractivity contribution is 0.476. The predicted molar refractivity (Wildman–Crippen MR) is 63.2 cm³/mol. The van der Waals surface area contributed by atoms with Crippen LogP contribution in [0.5, 0.6) is 11.5 Å². The SMILES string of the molecule is Clc1ccc2c(n1)CCc1ccccc1O2. The zero-order valence-electron chi connectivity index (χ0n) is 8.61. The molecule has 2 nitrogen and oxygen atoms in total. The largest absolute Gasteiger partial charge is 0.455 e. The van der Waals surface area contributed by atoms with Crippen molar-refractivity contribution >= 4 is 11.6 Å². The lowest BCUT2D eigenvalue weighted by Crippen LogP contribution is -1.93. The number of benzene rings is 1. The highest BCUT2D eigenvalue weighted by Gasteiger charge is 2.15. The normalized spacial score (nSPS) is 13.3. The molecule has 80 valence electrons. The summed E-state index contributed by atoms with van der Waals surface area (Å²) in [4.78, 5) is 4.30. The van der Waals surface area contributed by atoms with Crippen LogP contribution in [0.25, 0.3) is 0 Å². The van der Waals surface area contributed by atoms with E-state index in [0.29, 0.717) is 5.15 Å². The quantitative estimate of drug-likeness (QED) is 0.646. The Morgan fingerprint density at radius 3 is 2.81 bits per heavy atom. The number of hydrogen-bond acceptors (Lipinski definition) is 2. The van der Waals surface area contributed by atoms with Crippen molar-refractivity contribution in [2.45, 2.75) is 12.8 Å². The van der Waals surface area contributed by atoms with Gasteiger partial charge in [-0.25, -0.2) is 4.98 Å². The molecule has 0 N–H and O–H groups in total. The Balaban J connectivity index is 2.08. The first-order valence-corrected chi connectivity index (χ1v) is 5.62. The maximum atomic E-state index is 5.87. The van der Waals surface area contributed by atoms with Crippen LogP contribution in [0.2, 0.25) is 5.15 Å². The van der Waals surface area contributed by atoms with Crippen LogP contribution in [-0.4, -0.2) is 4.98 Å². The van der Waals surface area contributed by atoms with Gasteiger partial charge >= 0.3 is 0 Å². The van der Waals surface area contributed by atoms with Crippen LogP contribution in [0.1, 0.15) is 11.3 Å². The molecule has 3 rings (SSSR count). The van der Waals surface area contributed by atoms with Gasteiger partial charge in [0.1, 0.15) is 16.7 Å². The van der Waals surface area contributed by atoms with Crippen molar-refractivity contribution in [1.29, 1.82) is 0 Å². The molecule has 1 aromatic carbocycles. The van der Waals surface area contributed by atoms with Crippen LogP contribution in [0.15, 0.2) is 36.4 Å². The number of fused-ring (bicyclic) bond motifs is 2. The number of rotatable bonds is 0. The van der Waals surface area contributed by atoms with Gasteiger partial charge in [0.15, 0.2) is 0 Å². The summed E-state index contributed by atoms with van der Waals surface area (Å²) in [6.45, 7) is 0. The van der Waals surface area contributed by atoms with Gasteiger partial charge in [0.2, 0.25) is 0 Å². The molecule has 0 radical (unpaired) electrons. The van der Waals surface area contributed by atoms with Crippen molar-refractivity contribution in [3.8, 4) is 11.5 Å². The van der Waals surface area contributed by atoms with Crippen molar-refractivity contribution in [3.63, 3.8) is 0 Å². The molecule has 0 spiro atoms. The summed E-state index contributed by atoms with van der Waals surface area (Å²) in [6, 6.07) is 11.7. The molecule has 2 heterocycles. The van der Waals surface area contributed by atoms with E-state index in [9.17, 15) is 0 Å². The molecule has 0 fully saturated rings. The molecule has 3 heteroatoms. The molecular formula is C13H10ClNO. The van der Waals surface area contributed by atoms with Crippen LogP contribution in [-0.2, 0) is 12.8 Å². The number of hydrogen-bond donors (Lipinski definition) is 0. The van der Waals surface area contributed by atoms with Crippen molar-refractivity contribution in [1.82, 2.24) is 4.98 Å². The van der Waals surface area contributed by atoms with Gasteiger partial charge in [0.25, 0.3) is 0 Å². The fourth-order valence-corrected chi connectivity index (χ4v) is 2.08. The summed E-state index contributed by atoms with van der Waals surface area (Å²) in [5, 5.41) is 0.522. The number of ether oxygens (including phenoxy) is 1. The second-order valence-corrected chi connectivity index (χ2v) is 4.18. The second-order valence-electron chi connectivity index (χ2n) is 3.79. The number of nitrogens with zero attached hydrogens (tertiary/aromatic N) is 1. The molecule has 1 aliphatic heterocycles. The minimum Gasteiger partial charge on any atom is -0.455 e. The zero-order chi connectivity index (χ0) is 11.0. The third-order valence-electron chi connectivity index (χ3n) is 2.72. The van der Waals surface area contributed by atoms with E-state index in [-0.39, 0.29) is 0 Å². The highest BCUT2D eigenvalue weighted by molar-refractivity contribution is 6.29. The first kappa shape index (κ1) is 9.67. The van der Waals surface area contributed by atoms with E-state index in [1.54, 1.807) is 6.07 Å². The zero-order valence-corrected chi connectivity index (χ0v) is 9.37. The molecule has 16 heavy (non-hydrogen) atoms. The van der Waals surface area contributed by atoms with E-state index in [1.807, 2.05) is 24.3 Å². The van der Waals surface area contributed by atoms with Gasteiger partial charge in [-0.1, -0.05) is 29.8 Å². The van der Waals surface area contributed by atoms with Crippen LogP contribution in [0.4, 0.5) is 0 Å². The third-order valence-corrected chi connectivity index (χ3v) is 2.93. The van der Waals surface area contributed by atoms with Crippen LogP contribution < -0.4 is 4.74 Å². The number of pyridine rings is 1. The minimum atomic E-state index is 0.522. The van der Waals surface area contributed by atoms with Gasteiger partial charge in [-0.15, -0.1) is 0 Å². The maximum absolute atomic E-state index is 5.87. The van der Waals surface area contributed by atoms with Gasteiger partial charge in [0.05, 0.1) is 5.69 Å². The molecule has 0 amide bonds. The van der Waals surface area contributed by atoms with E-state index >= 15 is 0 Å². The fraction of sp³-hybridized carbons (Fsp3) is 0.154. The van der Waals surface area contributed by atoms with E-state index in [1.165, 1.54) is 5.56 Å². The average molecular weight is 232 g/mol. The first-order valence-electron chi connectivity index (χ1n) is 5.24. The summed E-state index contributed by atoms with van der Waals surface area (Å²) in [5.41, 5.74) is 2.15. The summed E-state index contributed by atoms with van der Waals surface area (Å²) in [7, 11) is 0. The number of para-hydroxylation sites is 1. The smallest absolute Gasteiger partial charge is 0.149 e. The lowest BCUT2D eigenvalue weighted by atomic mass is 10.1. The summed E-state index contributed by atoms with van der Waals surface area (Å²) >= 11 is 5.87. The Labute approximate surface area is 98.8 Å². The highest BCUT2D eigenvalue weighted by atomic mass is 35.5. The van der Waals surface area contributed by atoms with Gasteiger partial charge in [0, 0.05) is 0 Å². The molecule has 0 atom stereocenters. The first-order chi connectivity index (χ1) is 7.83. The van der Waals surface area contributed by atoms with Gasteiger partial charge in [-0.2, -0.15) is 0 Å². The fourth-order valence-electron chi connectivity index (χ4n) is 1.92. The Bertz CT molecular complexity index is 539. The van der Waals surface area contributed by atoms with Crippen molar-refractivity contribution in [2.24, 2.45) is 0 Å². The number of aryl methyl sites for hydroxylation is 2. The van der Waals surface area contributed by atoms with E-state index < -0.39 is 0 Å². The minimum absolute atomic E-state index is 0.522. The van der Waals surface area contributed by atoms with Gasteiger partial charge in [-0.3, -0.25) is 0 Å². The highest BCUT2D eigenvalue weighted by Crippen LogP contribution is 2.32. The summed E-state index contributed by atoms with van der Waals surface area (Å²) in [5.74, 6) is 1.74. The Kier molecular flexibility index (Phi) is 2.29. The van der Waals surface area contributed by atoms with E-state index in [4.69, 9.17) is 16.3 Å². The van der Waals surface area contributed by atoms with Gasteiger partial charge in [-0.05, 0) is 36.6 Å². The van der Waals surface area contributed by atoms with Crippen LogP contribution in [0, 0.1) is 0 Å². The molecule has 0 aliphatic carbocycles. The molecule has 0 saturated carbocycles. The summed E-state index contributed by atoms with van der Waals surface area (Å²) < 4.78 is 5.84. The maximum Gasteiger partial charge on any atom is 0.149 e. The van der Waals surface area contributed by atoms with Crippen molar-refractivity contribution in [3.05, 3.63) is 52.8 Å². The molecule has 1 aliphatic rings. The number of halogens is 1. The Morgan fingerprint density at radius 1 is 1.00 bits per heavy atom. The van der Waals surface area contributed by atoms with Gasteiger partial charge < -0.3 is 4.74 Å². The van der Waals surface area contributed by atoms with E-state index in [2.05, 4.69) is 11.1 Å². The third kappa shape index (κ3) is 1.65. The molecule has 1 aromatic heterocycles. The van der Waals surface area contributed by atoms with Crippen molar-refractivity contribution < 1.29 is 4.74 Å². The summed E-state index contributed by atoms with van der Waals surface area (Å²) in [6.07, 6.45) is 1.81. The molecular weight excluding hydrogens is 222 g/mol. The van der Waals surface area contributed by atoms with E-state index in [0.717, 1.165) is 30.0 Å². The monoisotopic (exact) mass is 231 g/mol. The second kappa shape index (κ2) is 3.80. The topological polar surface area (TPSA) is 22.1 Å². The molecule has 0 saturated heterocycles. The van der Waals surface area contributed by atoms with Crippen LogP contribution >= 0.6 is 11.6 Å². The average Bonchev–Trinajstić information content (AvgIpc) is 2.48.